The van der Waals surface area contributed by atoms with E-state index in [0.29, 0.717) is 0 Å². The number of aromatic nitrogens is 2. The van der Waals surface area contributed by atoms with Crippen LogP contribution in [0, 0.1) is 34.0 Å². The van der Waals surface area contributed by atoms with E-state index in [0.717, 1.165) is 0 Å². The summed E-state index contributed by atoms with van der Waals surface area (Å²) in [4.78, 5) is 6.23. The summed E-state index contributed by atoms with van der Waals surface area (Å²) in [6, 6.07) is 4.80. The molecule has 0 saturated heterocycles. The summed E-state index contributed by atoms with van der Waals surface area (Å²) in [5, 5.41) is 25.8. The fraction of sp³-hybridized carbons (Fsp3) is 0.143. The minimum absolute atomic E-state index is 0.0648. The Balaban J connectivity index is 3.27. The molecule has 1 aromatic heterocycles. The molecule has 0 fully saturated rings. The van der Waals surface area contributed by atoms with Crippen molar-refractivity contribution in [1.82, 2.24) is 9.97 Å². The van der Waals surface area contributed by atoms with E-state index < -0.39 is 5.41 Å². The maximum absolute atomic E-state index is 8.59. The summed E-state index contributed by atoms with van der Waals surface area (Å²) >= 11 is 0. The molecular formula is C7H3N5. The van der Waals surface area contributed by atoms with Gasteiger partial charge in [-0.1, -0.05) is 0 Å². The smallest absolute Gasteiger partial charge is 0.284 e. The number of nitrogens with zero attached hydrogens (tertiary/aromatic N) is 4. The molecule has 5 nitrogen and oxygen atoms in total. The minimum Gasteiger partial charge on any atom is -0.345 e. The third-order valence-corrected chi connectivity index (χ3v) is 1.36. The van der Waals surface area contributed by atoms with Gasteiger partial charge in [0.05, 0.1) is 0 Å². The summed E-state index contributed by atoms with van der Waals surface area (Å²) in [6.07, 6.45) is 2.84. The predicted molar refractivity (Wildman–Crippen MR) is 37.1 cm³/mol. The summed E-state index contributed by atoms with van der Waals surface area (Å²) in [5.41, 5.74) is -1.80. The van der Waals surface area contributed by atoms with E-state index in [2.05, 4.69) is 9.97 Å². The standard InChI is InChI=1S/C7H3N5/c8-3-7(4-9,5-10)6-11-1-2-12-6/h1-2H,(H,11,12). The zero-order valence-electron chi connectivity index (χ0n) is 5.94. The fourth-order valence-electron chi connectivity index (χ4n) is 0.704. The van der Waals surface area contributed by atoms with Crippen LogP contribution in [-0.4, -0.2) is 9.97 Å². The number of hydrogen-bond acceptors (Lipinski definition) is 4. The van der Waals surface area contributed by atoms with Crippen molar-refractivity contribution in [3.8, 4) is 18.2 Å². The Hall–Kier alpha value is -2.32. The number of nitrogens with one attached hydrogen (secondary N) is 1. The number of rotatable bonds is 1. The van der Waals surface area contributed by atoms with E-state index in [1.165, 1.54) is 12.4 Å². The Morgan fingerprint density at radius 2 is 1.83 bits per heavy atom. The molecule has 0 unspecified atom stereocenters. The Bertz CT molecular complexity index is 347. The summed E-state index contributed by atoms with van der Waals surface area (Å²) in [6.45, 7) is 0. The van der Waals surface area contributed by atoms with Crippen LogP contribution < -0.4 is 0 Å². The molecule has 1 N–H and O–H groups in total. The molecule has 0 aliphatic rings. The number of imidazole rings is 1. The molecule has 1 rings (SSSR count). The van der Waals surface area contributed by atoms with E-state index in [9.17, 15) is 0 Å². The van der Waals surface area contributed by atoms with Crippen molar-refractivity contribution >= 4 is 0 Å². The first-order valence-electron chi connectivity index (χ1n) is 3.02. The second kappa shape index (κ2) is 2.74. The Kier molecular flexibility index (Phi) is 1.77. The normalized spacial score (nSPS) is 9.42. The van der Waals surface area contributed by atoms with Gasteiger partial charge in [0.15, 0.2) is 5.82 Å². The highest BCUT2D eigenvalue weighted by Gasteiger charge is 2.35. The average Bonchev–Trinajstić information content (AvgIpc) is 2.62. The SMILES string of the molecule is N#CC(C#N)(C#N)c1ncc[nH]1. The lowest BCUT2D eigenvalue weighted by Crippen LogP contribution is -2.20. The van der Waals surface area contributed by atoms with Gasteiger partial charge < -0.3 is 4.98 Å². The number of aromatic amines is 1. The van der Waals surface area contributed by atoms with Crippen LogP contribution in [0.5, 0.6) is 0 Å². The van der Waals surface area contributed by atoms with Gasteiger partial charge in [0.25, 0.3) is 5.41 Å². The molecule has 0 radical (unpaired) electrons. The number of nitriles is 3. The third kappa shape index (κ3) is 0.885. The average molecular weight is 157 g/mol. The van der Waals surface area contributed by atoms with Crippen molar-refractivity contribution in [1.29, 1.82) is 15.8 Å². The van der Waals surface area contributed by atoms with Crippen molar-refractivity contribution in [3.05, 3.63) is 18.2 Å². The quantitative estimate of drug-likeness (QED) is 0.629. The molecule has 0 atom stereocenters. The van der Waals surface area contributed by atoms with Crippen LogP contribution in [0.1, 0.15) is 5.82 Å². The monoisotopic (exact) mass is 157 g/mol. The first-order valence-corrected chi connectivity index (χ1v) is 3.02. The van der Waals surface area contributed by atoms with Crippen molar-refractivity contribution in [3.63, 3.8) is 0 Å². The molecule has 0 aliphatic heterocycles. The van der Waals surface area contributed by atoms with Crippen molar-refractivity contribution < 1.29 is 0 Å². The topological polar surface area (TPSA) is 100 Å². The molecule has 0 amide bonds. The first-order chi connectivity index (χ1) is 5.79. The van der Waals surface area contributed by atoms with Gasteiger partial charge in [0, 0.05) is 12.4 Å². The second-order valence-corrected chi connectivity index (χ2v) is 2.02. The number of H-pyrrole nitrogens is 1. The fourth-order valence-corrected chi connectivity index (χ4v) is 0.704. The maximum atomic E-state index is 8.59. The molecule has 0 spiro atoms. The van der Waals surface area contributed by atoms with E-state index in [1.54, 1.807) is 18.2 Å². The van der Waals surface area contributed by atoms with Gasteiger partial charge in [0.1, 0.15) is 18.2 Å². The van der Waals surface area contributed by atoms with Crippen LogP contribution in [0.3, 0.4) is 0 Å². The van der Waals surface area contributed by atoms with Crippen molar-refractivity contribution in [2.45, 2.75) is 5.41 Å². The van der Waals surface area contributed by atoms with E-state index in [-0.39, 0.29) is 5.82 Å². The predicted octanol–water partition coefficient (Wildman–Crippen LogP) is 0.218. The molecule has 0 aromatic carbocycles. The lowest BCUT2D eigenvalue weighted by atomic mass is 9.93. The molecular weight excluding hydrogens is 154 g/mol. The first kappa shape index (κ1) is 7.78. The van der Waals surface area contributed by atoms with Crippen LogP contribution in [0.15, 0.2) is 12.4 Å². The second-order valence-electron chi connectivity index (χ2n) is 2.02. The zero-order valence-corrected chi connectivity index (χ0v) is 5.94. The van der Waals surface area contributed by atoms with Crippen molar-refractivity contribution in [2.24, 2.45) is 0 Å². The molecule has 5 heteroatoms. The highest BCUT2D eigenvalue weighted by molar-refractivity contribution is 5.41. The lowest BCUT2D eigenvalue weighted by molar-refractivity contribution is 0.823. The Morgan fingerprint density at radius 3 is 2.17 bits per heavy atom. The van der Waals surface area contributed by atoms with Gasteiger partial charge >= 0.3 is 0 Å². The van der Waals surface area contributed by atoms with Gasteiger partial charge in [-0.05, 0) is 0 Å². The van der Waals surface area contributed by atoms with Crippen LogP contribution >= 0.6 is 0 Å². The summed E-state index contributed by atoms with van der Waals surface area (Å²) in [5.74, 6) is 0.0648. The minimum atomic E-state index is -1.80. The molecule has 12 heavy (non-hydrogen) atoms. The van der Waals surface area contributed by atoms with Gasteiger partial charge in [-0.15, -0.1) is 0 Å². The molecule has 0 saturated carbocycles. The highest BCUT2D eigenvalue weighted by atomic mass is 14.9. The van der Waals surface area contributed by atoms with E-state index in [1.807, 2.05) is 0 Å². The summed E-state index contributed by atoms with van der Waals surface area (Å²) in [7, 11) is 0. The van der Waals surface area contributed by atoms with E-state index >= 15 is 0 Å². The third-order valence-electron chi connectivity index (χ3n) is 1.36. The molecule has 56 valence electrons. The van der Waals surface area contributed by atoms with Crippen LogP contribution in [0.4, 0.5) is 0 Å². The van der Waals surface area contributed by atoms with Gasteiger partial charge in [-0.2, -0.15) is 15.8 Å². The van der Waals surface area contributed by atoms with Crippen LogP contribution in [0.2, 0.25) is 0 Å². The molecule has 1 aromatic rings. The van der Waals surface area contributed by atoms with Crippen molar-refractivity contribution in [2.75, 3.05) is 0 Å². The Morgan fingerprint density at radius 1 is 1.25 bits per heavy atom. The lowest BCUT2D eigenvalue weighted by Gasteiger charge is -2.02. The summed E-state index contributed by atoms with van der Waals surface area (Å²) < 4.78 is 0. The number of hydrogen-bond donors (Lipinski definition) is 1. The van der Waals surface area contributed by atoms with Gasteiger partial charge in [-0.3, -0.25) is 0 Å². The highest BCUT2D eigenvalue weighted by Crippen LogP contribution is 2.16. The largest absolute Gasteiger partial charge is 0.345 e. The van der Waals surface area contributed by atoms with Gasteiger partial charge in [-0.25, -0.2) is 4.98 Å². The maximum Gasteiger partial charge on any atom is 0.284 e. The molecule has 1 heterocycles. The van der Waals surface area contributed by atoms with E-state index in [4.69, 9.17) is 15.8 Å². The van der Waals surface area contributed by atoms with Crippen LogP contribution in [-0.2, 0) is 5.41 Å². The molecule has 0 aliphatic carbocycles. The molecule has 0 bridgehead atoms. The Labute approximate surface area is 68.5 Å². The zero-order chi connectivity index (χ0) is 9.03. The van der Waals surface area contributed by atoms with Crippen LogP contribution in [0.25, 0.3) is 0 Å². The van der Waals surface area contributed by atoms with Gasteiger partial charge in [0.2, 0.25) is 0 Å².